The normalized spacial score (nSPS) is 19.7. The number of nitrogens with zero attached hydrogens (tertiary/aromatic N) is 2. The molecule has 0 aromatic rings. The van der Waals surface area contributed by atoms with E-state index in [1.54, 1.807) is 0 Å². The predicted molar refractivity (Wildman–Crippen MR) is 17.2 cm³/mol. The van der Waals surface area contributed by atoms with Gasteiger partial charge in [-0.2, -0.15) is 0 Å². The first-order valence-corrected chi connectivity index (χ1v) is 1.53. The van der Waals surface area contributed by atoms with E-state index in [4.69, 9.17) is 0 Å². The molecule has 0 aromatic heterocycles. The van der Waals surface area contributed by atoms with E-state index in [9.17, 15) is 5.21 Å². The molecule has 5 heteroatoms. The summed E-state index contributed by atoms with van der Waals surface area (Å²) in [5.74, 6) is 0. The summed E-state index contributed by atoms with van der Waals surface area (Å²) in [6.07, 6.45) is 0. The first kappa shape index (κ1) is 3.35. The van der Waals surface area contributed by atoms with Gasteiger partial charge in [0.25, 0.3) is 0 Å². The monoisotopic (exact) mass is 88.0 g/mol. The highest BCUT2D eigenvalue weighted by atomic mass is 16.5. The van der Waals surface area contributed by atoms with E-state index in [0.29, 0.717) is 4.86 Å². The molecule has 5 nitrogen and oxygen atoms in total. The van der Waals surface area contributed by atoms with Crippen molar-refractivity contribution in [2.24, 2.45) is 5.22 Å². The lowest BCUT2D eigenvalue weighted by molar-refractivity contribution is -0.518. The zero-order valence-corrected chi connectivity index (χ0v) is 3.01. The van der Waals surface area contributed by atoms with Crippen molar-refractivity contribution >= 4 is 0 Å². The highest BCUT2D eigenvalue weighted by molar-refractivity contribution is 4.18. The summed E-state index contributed by atoms with van der Waals surface area (Å²) in [6, 6.07) is 0. The molecule has 0 atom stereocenters. The van der Waals surface area contributed by atoms with Crippen LogP contribution in [-0.2, 0) is 0 Å². The maximum Gasteiger partial charge on any atom is 0.197 e. The minimum Gasteiger partial charge on any atom is -0.695 e. The van der Waals surface area contributed by atoms with Gasteiger partial charge in [0.15, 0.2) is 6.67 Å². The molecule has 1 rings (SSSR count). The van der Waals surface area contributed by atoms with Crippen molar-refractivity contribution in [1.82, 2.24) is 11.0 Å². The van der Waals surface area contributed by atoms with Crippen molar-refractivity contribution in [3.05, 3.63) is 5.21 Å². The Balaban J connectivity index is 2.45. The van der Waals surface area contributed by atoms with Crippen LogP contribution in [0.25, 0.3) is 0 Å². The molecule has 6 heavy (non-hydrogen) atoms. The molecule has 0 spiro atoms. The Morgan fingerprint density at radius 3 is 2.83 bits per heavy atom. The smallest absolute Gasteiger partial charge is 0.197 e. The fraction of sp³-hybridized carbons (Fsp3) is 1.00. The van der Waals surface area contributed by atoms with Crippen molar-refractivity contribution in [3.63, 3.8) is 0 Å². The van der Waals surface area contributed by atoms with E-state index in [1.807, 2.05) is 0 Å². The van der Waals surface area contributed by atoms with Gasteiger partial charge in [0, 0.05) is 0 Å². The van der Waals surface area contributed by atoms with Gasteiger partial charge in [-0.25, -0.2) is 0 Å². The Morgan fingerprint density at radius 1 is 1.83 bits per heavy atom. The molecular formula is CH4N4O. The van der Waals surface area contributed by atoms with Gasteiger partial charge in [0.1, 0.15) is 5.22 Å². The van der Waals surface area contributed by atoms with Crippen LogP contribution < -0.4 is 11.0 Å². The molecule has 0 aliphatic carbocycles. The predicted octanol–water partition coefficient (Wildman–Crippen LogP) is -1.07. The molecule has 1 aliphatic heterocycles. The quantitative estimate of drug-likeness (QED) is 0.293. The second kappa shape index (κ2) is 1.09. The van der Waals surface area contributed by atoms with Gasteiger partial charge in [0.2, 0.25) is 0 Å². The van der Waals surface area contributed by atoms with Crippen LogP contribution in [-0.4, -0.2) is 11.5 Å². The zero-order valence-electron chi connectivity index (χ0n) is 3.01. The summed E-state index contributed by atoms with van der Waals surface area (Å²) in [5, 5.41) is 13.0. The van der Waals surface area contributed by atoms with E-state index >= 15 is 0 Å². The van der Waals surface area contributed by atoms with Gasteiger partial charge in [-0.05, 0) is 0 Å². The van der Waals surface area contributed by atoms with Crippen LogP contribution in [0.4, 0.5) is 0 Å². The van der Waals surface area contributed by atoms with Gasteiger partial charge in [-0.15, -0.1) is 4.86 Å². The summed E-state index contributed by atoms with van der Waals surface area (Å²) in [5.41, 5.74) is 4.73. The minimum atomic E-state index is 0.236. The van der Waals surface area contributed by atoms with Crippen LogP contribution in [0.2, 0.25) is 0 Å². The van der Waals surface area contributed by atoms with Crippen molar-refractivity contribution < 1.29 is 4.86 Å². The average Bonchev–Trinajstić information content (AvgIpc) is 1.86. The summed E-state index contributed by atoms with van der Waals surface area (Å²) in [6.45, 7) is 0.236. The van der Waals surface area contributed by atoms with Crippen molar-refractivity contribution in [1.29, 1.82) is 0 Å². The Labute approximate surface area is 34.2 Å². The van der Waals surface area contributed by atoms with Gasteiger partial charge >= 0.3 is 0 Å². The van der Waals surface area contributed by atoms with Crippen LogP contribution in [0.15, 0.2) is 5.22 Å². The lowest BCUT2D eigenvalue weighted by Crippen LogP contribution is -2.21. The van der Waals surface area contributed by atoms with E-state index < -0.39 is 0 Å². The van der Waals surface area contributed by atoms with Crippen molar-refractivity contribution in [2.75, 3.05) is 6.67 Å². The maximum absolute atomic E-state index is 9.87. The van der Waals surface area contributed by atoms with Gasteiger partial charge in [-0.1, -0.05) is 11.0 Å². The summed E-state index contributed by atoms with van der Waals surface area (Å²) >= 11 is 0. The van der Waals surface area contributed by atoms with Crippen molar-refractivity contribution in [3.8, 4) is 0 Å². The molecule has 0 unspecified atom stereocenters. The second-order valence-electron chi connectivity index (χ2n) is 0.899. The van der Waals surface area contributed by atoms with E-state index in [0.717, 1.165) is 0 Å². The average molecular weight is 88.1 g/mol. The SMILES string of the molecule is [O-][N+]1=NNNC1. The van der Waals surface area contributed by atoms with Crippen molar-refractivity contribution in [2.45, 2.75) is 0 Å². The Kier molecular flexibility index (Phi) is 0.612. The lowest BCUT2D eigenvalue weighted by Gasteiger charge is -1.89. The third-order valence-electron chi connectivity index (χ3n) is 0.455. The number of hydrazine groups is 1. The van der Waals surface area contributed by atoms with Crippen LogP contribution >= 0.6 is 0 Å². The van der Waals surface area contributed by atoms with Crippen LogP contribution in [0, 0.1) is 5.21 Å². The number of nitrogens with one attached hydrogen (secondary N) is 2. The van der Waals surface area contributed by atoms with Crippen LogP contribution in [0.1, 0.15) is 0 Å². The Bertz CT molecular complexity index is 77.6. The fourth-order valence-corrected chi connectivity index (χ4v) is 0.229. The molecule has 0 amide bonds. The van der Waals surface area contributed by atoms with E-state index in [1.165, 1.54) is 0 Å². The third kappa shape index (κ3) is 0.389. The number of hydrogen-bond donors (Lipinski definition) is 2. The third-order valence-corrected chi connectivity index (χ3v) is 0.455. The largest absolute Gasteiger partial charge is 0.695 e. The minimum absolute atomic E-state index is 0.236. The molecule has 34 valence electrons. The highest BCUT2D eigenvalue weighted by Crippen LogP contribution is 1.71. The van der Waals surface area contributed by atoms with Crippen LogP contribution in [0.3, 0.4) is 0 Å². The lowest BCUT2D eigenvalue weighted by atomic mass is 11.2. The molecule has 2 N–H and O–H groups in total. The fourth-order valence-electron chi connectivity index (χ4n) is 0.229. The number of hydrogen-bond acceptors (Lipinski definition) is 4. The number of rotatable bonds is 0. The van der Waals surface area contributed by atoms with E-state index in [2.05, 4.69) is 16.2 Å². The highest BCUT2D eigenvalue weighted by Gasteiger charge is 1.96. The zero-order chi connectivity index (χ0) is 4.41. The Morgan fingerprint density at radius 2 is 2.67 bits per heavy atom. The van der Waals surface area contributed by atoms with Gasteiger partial charge in [0.05, 0.1) is 0 Å². The molecule has 0 saturated heterocycles. The molecule has 0 saturated carbocycles. The number of hydroxylamine groups is 1. The first-order valence-electron chi connectivity index (χ1n) is 1.53. The molecule has 0 bridgehead atoms. The standard InChI is InChI=1S/CH4N4O/c6-5-1-2-3-4-5/h2-3H,1H2. The molecule has 1 heterocycles. The summed E-state index contributed by atoms with van der Waals surface area (Å²) in [7, 11) is 0. The van der Waals surface area contributed by atoms with E-state index in [-0.39, 0.29) is 6.67 Å². The van der Waals surface area contributed by atoms with Gasteiger partial charge < -0.3 is 5.21 Å². The molecule has 1 aliphatic rings. The van der Waals surface area contributed by atoms with Gasteiger partial charge in [-0.3, -0.25) is 0 Å². The second-order valence-corrected chi connectivity index (χ2v) is 0.899. The van der Waals surface area contributed by atoms with Crippen LogP contribution in [0.5, 0.6) is 0 Å². The molecular weight excluding hydrogens is 84.0 g/mol. The summed E-state index contributed by atoms with van der Waals surface area (Å²) in [4.78, 5) is 0.514. The topological polar surface area (TPSA) is 62.5 Å². The maximum atomic E-state index is 9.87. The first-order chi connectivity index (χ1) is 2.89. The molecule has 0 fully saturated rings. The Hall–Kier alpha value is -0.840. The molecule has 0 radical (unpaired) electrons. The summed E-state index contributed by atoms with van der Waals surface area (Å²) < 4.78 is 0. The molecule has 0 aromatic carbocycles.